The van der Waals surface area contributed by atoms with Crippen LogP contribution >= 0.6 is 23.2 Å². The number of likely N-dealkylation sites (tertiary alicyclic amines) is 2. The molecule has 4 aromatic rings. The van der Waals surface area contributed by atoms with Crippen LogP contribution in [0.1, 0.15) is 104 Å². The van der Waals surface area contributed by atoms with Crippen molar-refractivity contribution in [3.8, 4) is 29.0 Å². The van der Waals surface area contributed by atoms with Gasteiger partial charge in [-0.05, 0) is 119 Å². The fourth-order valence-electron chi connectivity index (χ4n) is 11.2. The lowest BCUT2D eigenvalue weighted by Crippen LogP contribution is -2.55. The Morgan fingerprint density at radius 2 is 1.70 bits per heavy atom. The van der Waals surface area contributed by atoms with Gasteiger partial charge in [-0.3, -0.25) is 24.5 Å². The van der Waals surface area contributed by atoms with Crippen LogP contribution < -0.4 is 19.7 Å². The highest BCUT2D eigenvalue weighted by Gasteiger charge is 2.40. The summed E-state index contributed by atoms with van der Waals surface area (Å²) >= 11 is 12.9. The molecule has 1 N–H and O–H groups in total. The summed E-state index contributed by atoms with van der Waals surface area (Å²) in [5.74, 6) is -3.28. The van der Waals surface area contributed by atoms with Gasteiger partial charge in [-0.15, -0.1) is 0 Å². The minimum Gasteiger partial charge on any atom is -0.493 e. The summed E-state index contributed by atoms with van der Waals surface area (Å²) < 4.78 is 61.1. The second-order valence-electron chi connectivity index (χ2n) is 20.0. The van der Waals surface area contributed by atoms with Crippen LogP contribution in [0.5, 0.6) is 11.8 Å². The molecule has 15 nitrogen and oxygen atoms in total. The standard InChI is InChI=1S/C54H60Cl2F3N9O6/c1-32(55)52(71)67-24-23-66(30-35(67)15-18-60)50-39-27-40(56)46(48(59)49(39)62-54(63-50)74-31-36-10-9-19-64(36)2)47-41(57)11-8-12-44(47)73-25-7-5-3-4-6-20-65-21-16-33(17-22-65)37-26-34-29-68(53(72)38(34)28-42(37)58)43-13-14-45(69)61-51(43)70/h8,11-12,26-28,33,35-36,43H,1,3-7,9-10,13-17,19-25,29-31H2,2H3,(H,61,69,70)/t35-,36+,43?/m1/s1. The van der Waals surface area contributed by atoms with E-state index >= 15 is 13.2 Å². The monoisotopic (exact) mass is 1060 g/mol. The van der Waals surface area contributed by atoms with E-state index < -0.39 is 41.3 Å². The van der Waals surface area contributed by atoms with Crippen molar-refractivity contribution in [3.05, 3.63) is 87.2 Å². The number of hydrogen-bond acceptors (Lipinski definition) is 12. The van der Waals surface area contributed by atoms with E-state index in [2.05, 4.69) is 32.7 Å². The number of carbonyl (C=O) groups excluding carboxylic acids is 4. The molecule has 3 atom stereocenters. The van der Waals surface area contributed by atoms with E-state index in [4.69, 9.17) is 37.7 Å². The van der Waals surface area contributed by atoms with Crippen LogP contribution in [0.3, 0.4) is 0 Å². The van der Waals surface area contributed by atoms with Gasteiger partial charge in [0.05, 0.1) is 40.8 Å². The Hall–Kier alpha value is -6.00. The molecule has 4 amide bonds. The summed E-state index contributed by atoms with van der Waals surface area (Å²) in [4.78, 5) is 68.9. The molecule has 1 unspecified atom stereocenters. The first-order valence-electron chi connectivity index (χ1n) is 25.6. The Labute approximate surface area is 438 Å². The zero-order valence-electron chi connectivity index (χ0n) is 41.5. The van der Waals surface area contributed by atoms with E-state index in [1.54, 1.807) is 12.1 Å². The van der Waals surface area contributed by atoms with Crippen LogP contribution in [-0.4, -0.2) is 137 Å². The minimum absolute atomic E-state index is 0.00259. The normalized spacial score (nSPS) is 20.8. The summed E-state index contributed by atoms with van der Waals surface area (Å²) in [5, 5.41) is 12.0. The van der Waals surface area contributed by atoms with Gasteiger partial charge in [0.15, 0.2) is 5.82 Å². The van der Waals surface area contributed by atoms with Crippen molar-refractivity contribution in [3.63, 3.8) is 0 Å². The molecule has 0 spiro atoms. The molecular weight excluding hydrogens is 999 g/mol. The predicted octanol–water partition coefficient (Wildman–Crippen LogP) is 8.49. The van der Waals surface area contributed by atoms with E-state index in [-0.39, 0.29) is 132 Å². The molecule has 0 saturated carbocycles. The number of ether oxygens (including phenoxy) is 2. The van der Waals surface area contributed by atoms with E-state index in [1.807, 2.05) is 11.9 Å². The molecule has 5 aliphatic heterocycles. The molecule has 0 aliphatic carbocycles. The number of unbranched alkanes of at least 4 members (excludes halogenated alkanes) is 4. The number of piperazine rings is 1. The number of aromatic nitrogens is 2. The number of halogens is 5. The van der Waals surface area contributed by atoms with Crippen molar-refractivity contribution < 1.29 is 41.8 Å². The topological polar surface area (TPSA) is 165 Å². The molecule has 4 saturated heterocycles. The van der Waals surface area contributed by atoms with Gasteiger partial charge >= 0.3 is 6.01 Å². The van der Waals surface area contributed by atoms with Crippen LogP contribution in [0.4, 0.5) is 19.0 Å². The third-order valence-corrected chi connectivity index (χ3v) is 15.8. The average Bonchev–Trinajstić information content (AvgIpc) is 3.95. The molecule has 0 radical (unpaired) electrons. The van der Waals surface area contributed by atoms with Gasteiger partial charge in [0.1, 0.15) is 41.4 Å². The lowest BCUT2D eigenvalue weighted by molar-refractivity contribution is -0.137. The predicted molar refractivity (Wildman–Crippen MR) is 273 cm³/mol. The lowest BCUT2D eigenvalue weighted by Gasteiger charge is -2.41. The summed E-state index contributed by atoms with van der Waals surface area (Å²) in [7, 11) is 2.01. The van der Waals surface area contributed by atoms with Gasteiger partial charge in [0, 0.05) is 55.2 Å². The van der Waals surface area contributed by atoms with Crippen molar-refractivity contribution in [2.75, 3.05) is 71.0 Å². The zero-order valence-corrected chi connectivity index (χ0v) is 43.0. The van der Waals surface area contributed by atoms with E-state index in [1.165, 1.54) is 34.1 Å². The number of likely N-dealkylation sites (N-methyl/N-ethyl adjacent to an activating group) is 1. The number of anilines is 1. The molecule has 4 fully saturated rings. The molecule has 392 valence electrons. The van der Waals surface area contributed by atoms with Crippen LogP contribution in [0.25, 0.3) is 22.0 Å². The van der Waals surface area contributed by atoms with Gasteiger partial charge in [-0.25, -0.2) is 13.2 Å². The van der Waals surface area contributed by atoms with Crippen molar-refractivity contribution in [2.24, 2.45) is 0 Å². The van der Waals surface area contributed by atoms with Gasteiger partial charge in [-0.1, -0.05) is 61.2 Å². The molecule has 1 aromatic heterocycles. The number of fused-ring (bicyclic) bond motifs is 2. The maximum absolute atomic E-state index is 17.3. The van der Waals surface area contributed by atoms with Gasteiger partial charge in [-0.2, -0.15) is 15.2 Å². The van der Waals surface area contributed by atoms with Crippen LogP contribution in [0, 0.1) is 28.8 Å². The van der Waals surface area contributed by atoms with E-state index in [0.29, 0.717) is 23.4 Å². The highest BCUT2D eigenvalue weighted by Crippen LogP contribution is 2.44. The Morgan fingerprint density at radius 1 is 0.919 bits per heavy atom. The number of nitrogens with one attached hydrogen (secondary N) is 1. The molecule has 3 aromatic carbocycles. The summed E-state index contributed by atoms with van der Waals surface area (Å²) in [6.07, 6.45) is 8.36. The lowest BCUT2D eigenvalue weighted by atomic mass is 9.87. The quantitative estimate of drug-likeness (QED) is 0.0575. The van der Waals surface area contributed by atoms with Crippen LogP contribution in [-0.2, 0) is 20.9 Å². The summed E-state index contributed by atoms with van der Waals surface area (Å²) in [5.41, 5.74) is 1.11. The molecule has 0 bridgehead atoms. The van der Waals surface area contributed by atoms with Crippen molar-refractivity contribution in [1.29, 1.82) is 5.26 Å². The van der Waals surface area contributed by atoms with Crippen LogP contribution in [0.15, 0.2) is 48.0 Å². The fraction of sp³-hybridized carbons (Fsp3) is 0.500. The van der Waals surface area contributed by atoms with E-state index in [9.17, 15) is 24.4 Å². The third kappa shape index (κ3) is 11.3. The third-order valence-electron chi connectivity index (χ3n) is 15.3. The maximum Gasteiger partial charge on any atom is 0.319 e. The number of nitriles is 1. The number of carbonyl (C=O) groups is 4. The first-order valence-corrected chi connectivity index (χ1v) is 26.4. The first kappa shape index (κ1) is 52.8. The van der Waals surface area contributed by atoms with Gasteiger partial charge in [0.2, 0.25) is 11.8 Å². The highest BCUT2D eigenvalue weighted by molar-refractivity contribution is 6.41. The zero-order chi connectivity index (χ0) is 52.2. The van der Waals surface area contributed by atoms with Crippen LogP contribution in [0.2, 0.25) is 5.02 Å². The van der Waals surface area contributed by atoms with E-state index in [0.717, 1.165) is 77.5 Å². The second kappa shape index (κ2) is 23.3. The van der Waals surface area contributed by atoms with Crippen molar-refractivity contribution >= 4 is 63.6 Å². The van der Waals surface area contributed by atoms with Crippen molar-refractivity contribution in [1.82, 2.24) is 34.9 Å². The number of imide groups is 1. The Morgan fingerprint density at radius 3 is 2.45 bits per heavy atom. The smallest absolute Gasteiger partial charge is 0.319 e. The number of hydrogen-bond donors (Lipinski definition) is 1. The highest BCUT2D eigenvalue weighted by atomic mass is 35.5. The number of amides is 4. The van der Waals surface area contributed by atoms with Gasteiger partial charge < -0.3 is 34.0 Å². The first-order chi connectivity index (χ1) is 35.7. The Bertz CT molecular complexity index is 2880. The largest absolute Gasteiger partial charge is 0.493 e. The molecule has 5 aliphatic rings. The maximum atomic E-state index is 17.3. The molecule has 74 heavy (non-hydrogen) atoms. The molecule has 9 rings (SSSR count). The minimum atomic E-state index is -0.882. The molecule has 6 heterocycles. The van der Waals surface area contributed by atoms with Crippen molar-refractivity contribution in [2.45, 2.75) is 108 Å². The fourth-order valence-corrected chi connectivity index (χ4v) is 11.6. The Kier molecular flexibility index (Phi) is 16.6. The molecular formula is C54H60Cl2F3N9O6. The van der Waals surface area contributed by atoms with Gasteiger partial charge in [0.25, 0.3) is 11.8 Å². The number of nitrogens with zero attached hydrogens (tertiary/aromatic N) is 8. The second-order valence-corrected chi connectivity index (χ2v) is 20.9. The summed E-state index contributed by atoms with van der Waals surface area (Å²) in [6, 6.07) is 9.77. The number of rotatable bonds is 18. The SMILES string of the molecule is C=C(Cl)C(=O)N1CCN(c2nc(OC[C@@H]3CCCN3C)nc3c(F)c(-c4c(F)cccc4OCCCCCCCN4CCC(c5cc6c(cc5F)C(=O)N(C5CCC(=O)NC5=O)C6)CC4)c(Cl)cc23)C[C@H]1CC#N. The number of benzene rings is 3. The number of piperidine rings is 2. The summed E-state index contributed by atoms with van der Waals surface area (Å²) in [6.45, 7) is 8.39. The Balaban J connectivity index is 0.798. The molecule has 20 heteroatoms. The average molecular weight is 1060 g/mol.